The lowest BCUT2D eigenvalue weighted by molar-refractivity contribution is -0.119. The van der Waals surface area contributed by atoms with Crippen LogP contribution in [0.2, 0.25) is 5.02 Å². The van der Waals surface area contributed by atoms with Gasteiger partial charge in [0.25, 0.3) is 5.91 Å². The number of sulfone groups is 1. The maximum atomic E-state index is 11.8. The first-order valence-electron chi connectivity index (χ1n) is 6.64. The minimum atomic E-state index is -3.34. The number of nitrogens with one attached hydrogen (secondary N) is 1. The van der Waals surface area contributed by atoms with Crippen molar-refractivity contribution in [2.45, 2.75) is 4.90 Å². The van der Waals surface area contributed by atoms with Crippen LogP contribution >= 0.6 is 11.6 Å². The predicted molar refractivity (Wildman–Crippen MR) is 87.7 cm³/mol. The molecule has 0 radical (unpaired) electrons. The third-order valence-electron chi connectivity index (χ3n) is 2.85. The molecular formula is C15H13ClN2O5S. The molecule has 1 amide bonds. The number of carbonyl (C=O) groups excluding carboxylic acids is 2. The minimum Gasteiger partial charge on any atom is -0.452 e. The van der Waals surface area contributed by atoms with E-state index in [4.69, 9.17) is 16.3 Å². The van der Waals surface area contributed by atoms with Crippen LogP contribution in [0.1, 0.15) is 10.4 Å². The van der Waals surface area contributed by atoms with Crippen LogP contribution in [-0.4, -0.2) is 38.1 Å². The lowest BCUT2D eigenvalue weighted by Gasteiger charge is -2.06. The zero-order valence-corrected chi connectivity index (χ0v) is 14.1. The maximum absolute atomic E-state index is 11.8. The molecule has 0 spiro atoms. The van der Waals surface area contributed by atoms with Gasteiger partial charge < -0.3 is 10.1 Å². The summed E-state index contributed by atoms with van der Waals surface area (Å²) < 4.78 is 27.5. The number of anilines is 1. The van der Waals surface area contributed by atoms with Crippen LogP contribution in [0.15, 0.2) is 47.5 Å². The van der Waals surface area contributed by atoms with Crippen LogP contribution in [-0.2, 0) is 19.4 Å². The summed E-state index contributed by atoms with van der Waals surface area (Å²) in [4.78, 5) is 27.5. The van der Waals surface area contributed by atoms with Crippen LogP contribution in [0.3, 0.4) is 0 Å². The molecule has 0 aliphatic heterocycles. The predicted octanol–water partition coefficient (Wildman–Crippen LogP) is 1.93. The van der Waals surface area contributed by atoms with Crippen LogP contribution in [0, 0.1) is 0 Å². The first-order chi connectivity index (χ1) is 11.3. The summed E-state index contributed by atoms with van der Waals surface area (Å²) in [7, 11) is -3.34. The summed E-state index contributed by atoms with van der Waals surface area (Å²) in [6, 6.07) is 8.29. The topological polar surface area (TPSA) is 102 Å². The van der Waals surface area contributed by atoms with Gasteiger partial charge in [-0.1, -0.05) is 11.6 Å². The number of nitrogens with zero attached hydrogens (tertiary/aromatic N) is 1. The number of aromatic nitrogens is 1. The molecule has 0 aliphatic rings. The average molecular weight is 369 g/mol. The Morgan fingerprint density at radius 3 is 2.38 bits per heavy atom. The number of pyridine rings is 1. The van der Waals surface area contributed by atoms with E-state index in [0.29, 0.717) is 5.02 Å². The molecule has 0 aliphatic carbocycles. The number of ether oxygens (including phenoxy) is 1. The Labute approximate surface area is 143 Å². The van der Waals surface area contributed by atoms with Crippen LogP contribution < -0.4 is 5.32 Å². The molecule has 0 atom stereocenters. The lowest BCUT2D eigenvalue weighted by Crippen LogP contribution is -2.21. The van der Waals surface area contributed by atoms with Gasteiger partial charge in [0.15, 0.2) is 16.4 Å². The molecule has 1 N–H and O–H groups in total. The smallest absolute Gasteiger partial charge is 0.338 e. The highest BCUT2D eigenvalue weighted by atomic mass is 35.5. The van der Waals surface area contributed by atoms with Gasteiger partial charge in [-0.2, -0.15) is 0 Å². The Morgan fingerprint density at radius 2 is 1.83 bits per heavy atom. The van der Waals surface area contributed by atoms with Gasteiger partial charge in [0.05, 0.1) is 15.5 Å². The molecule has 0 bridgehead atoms. The highest BCUT2D eigenvalue weighted by molar-refractivity contribution is 7.90. The van der Waals surface area contributed by atoms with Crippen molar-refractivity contribution in [2.24, 2.45) is 0 Å². The van der Waals surface area contributed by atoms with Gasteiger partial charge in [-0.15, -0.1) is 0 Å². The van der Waals surface area contributed by atoms with Gasteiger partial charge in [0, 0.05) is 12.5 Å². The number of carbonyl (C=O) groups is 2. The fourth-order valence-corrected chi connectivity index (χ4v) is 2.42. The summed E-state index contributed by atoms with van der Waals surface area (Å²) in [6.07, 6.45) is 2.43. The van der Waals surface area contributed by atoms with Crippen molar-refractivity contribution in [1.82, 2.24) is 4.98 Å². The van der Waals surface area contributed by atoms with E-state index < -0.39 is 28.3 Å². The Morgan fingerprint density at radius 1 is 1.17 bits per heavy atom. The summed E-state index contributed by atoms with van der Waals surface area (Å²) >= 11 is 5.68. The molecule has 1 heterocycles. The van der Waals surface area contributed by atoms with E-state index in [2.05, 4.69) is 10.3 Å². The van der Waals surface area contributed by atoms with E-state index >= 15 is 0 Å². The van der Waals surface area contributed by atoms with Crippen LogP contribution in [0.5, 0.6) is 0 Å². The molecule has 0 unspecified atom stereocenters. The first kappa shape index (κ1) is 17.9. The van der Waals surface area contributed by atoms with Crippen molar-refractivity contribution in [1.29, 1.82) is 0 Å². The number of rotatable bonds is 5. The molecule has 126 valence electrons. The van der Waals surface area contributed by atoms with Gasteiger partial charge >= 0.3 is 5.97 Å². The Bertz CT molecular complexity index is 848. The highest BCUT2D eigenvalue weighted by Crippen LogP contribution is 2.12. The molecule has 0 saturated carbocycles. The summed E-state index contributed by atoms with van der Waals surface area (Å²) in [5.41, 5.74) is 0.139. The van der Waals surface area contributed by atoms with Crippen molar-refractivity contribution in [3.8, 4) is 0 Å². The van der Waals surface area contributed by atoms with E-state index in [1.54, 1.807) is 6.07 Å². The third-order valence-corrected chi connectivity index (χ3v) is 4.20. The first-order valence-corrected chi connectivity index (χ1v) is 8.91. The number of amides is 1. The second-order valence-corrected chi connectivity index (χ2v) is 7.23. The number of hydrogen-bond donors (Lipinski definition) is 1. The standard InChI is InChI=1S/C15H13ClN2O5S/c1-24(21,22)12-5-2-10(3-6-12)15(20)23-9-14(19)18-13-7-4-11(16)8-17-13/h2-8H,9H2,1H3,(H,17,18,19). The second-order valence-electron chi connectivity index (χ2n) is 4.78. The van der Waals surface area contributed by atoms with Crippen molar-refractivity contribution < 1.29 is 22.7 Å². The van der Waals surface area contributed by atoms with E-state index in [1.807, 2.05) is 0 Å². The van der Waals surface area contributed by atoms with Crippen LogP contribution in [0.4, 0.5) is 5.82 Å². The molecule has 0 fully saturated rings. The molecule has 0 saturated heterocycles. The highest BCUT2D eigenvalue weighted by Gasteiger charge is 2.13. The zero-order chi connectivity index (χ0) is 17.7. The third kappa shape index (κ3) is 5.04. The summed E-state index contributed by atoms with van der Waals surface area (Å²) in [6.45, 7) is -0.503. The molecule has 1 aromatic heterocycles. The molecule has 2 rings (SSSR count). The Balaban J connectivity index is 1.90. The maximum Gasteiger partial charge on any atom is 0.338 e. The molecule has 1 aromatic carbocycles. The quantitative estimate of drug-likeness (QED) is 0.809. The normalized spacial score (nSPS) is 10.9. The van der Waals surface area contributed by atoms with E-state index in [9.17, 15) is 18.0 Å². The molecular weight excluding hydrogens is 356 g/mol. The van der Waals surface area contributed by atoms with Gasteiger partial charge in [0.1, 0.15) is 5.82 Å². The van der Waals surface area contributed by atoms with E-state index in [1.165, 1.54) is 36.5 Å². The van der Waals surface area contributed by atoms with Crippen molar-refractivity contribution in [3.63, 3.8) is 0 Å². The molecule has 7 nitrogen and oxygen atoms in total. The monoisotopic (exact) mass is 368 g/mol. The minimum absolute atomic E-state index is 0.0885. The number of hydrogen-bond acceptors (Lipinski definition) is 6. The van der Waals surface area contributed by atoms with Crippen LogP contribution in [0.25, 0.3) is 0 Å². The van der Waals surface area contributed by atoms with Gasteiger partial charge in [-0.05, 0) is 36.4 Å². The number of esters is 1. The van der Waals surface area contributed by atoms with E-state index in [-0.39, 0.29) is 16.3 Å². The Hall–Kier alpha value is -2.45. The lowest BCUT2D eigenvalue weighted by atomic mass is 10.2. The fourth-order valence-electron chi connectivity index (χ4n) is 1.68. The van der Waals surface area contributed by atoms with Crippen molar-refractivity contribution in [3.05, 3.63) is 53.2 Å². The number of benzene rings is 1. The molecule has 2 aromatic rings. The number of halogens is 1. The SMILES string of the molecule is CS(=O)(=O)c1ccc(C(=O)OCC(=O)Nc2ccc(Cl)cn2)cc1. The molecule has 9 heteroatoms. The van der Waals surface area contributed by atoms with E-state index in [0.717, 1.165) is 6.26 Å². The van der Waals surface area contributed by atoms with Gasteiger partial charge in [0.2, 0.25) is 0 Å². The van der Waals surface area contributed by atoms with Gasteiger partial charge in [-0.25, -0.2) is 18.2 Å². The summed E-state index contributed by atoms with van der Waals surface area (Å²) in [5, 5.41) is 2.87. The molecule has 24 heavy (non-hydrogen) atoms. The van der Waals surface area contributed by atoms with Gasteiger partial charge in [-0.3, -0.25) is 4.79 Å². The second kappa shape index (κ2) is 7.41. The zero-order valence-electron chi connectivity index (χ0n) is 12.5. The van der Waals surface area contributed by atoms with Crippen molar-refractivity contribution in [2.75, 3.05) is 18.2 Å². The largest absolute Gasteiger partial charge is 0.452 e. The Kier molecular flexibility index (Phi) is 5.53. The summed E-state index contributed by atoms with van der Waals surface area (Å²) in [5.74, 6) is -1.03. The van der Waals surface area contributed by atoms with Crippen molar-refractivity contribution >= 4 is 39.1 Å². The fraction of sp³-hybridized carbons (Fsp3) is 0.133. The average Bonchev–Trinajstić information content (AvgIpc) is 2.54.